The molecule has 0 aliphatic heterocycles. The standard InChI is InChI=1S/C20H26N2OS/c1-21(2)16-8-14-10-17(11-15(14)9-16)22(3)20(23)19-12-13-6-4-5-7-18(13)24-19/h4-7,12,14-17H,8-11H2,1-3H3/t14-,15+,16?,17?. The van der Waals surface area contributed by atoms with Crippen LogP contribution >= 0.6 is 11.3 Å². The molecular formula is C20H26N2OS. The molecule has 1 heterocycles. The van der Waals surface area contributed by atoms with E-state index in [0.29, 0.717) is 6.04 Å². The monoisotopic (exact) mass is 342 g/mol. The maximum atomic E-state index is 12.9. The van der Waals surface area contributed by atoms with Gasteiger partial charge in [0.05, 0.1) is 4.88 Å². The van der Waals surface area contributed by atoms with E-state index in [4.69, 9.17) is 0 Å². The van der Waals surface area contributed by atoms with Crippen LogP contribution in [0.5, 0.6) is 0 Å². The Morgan fingerprint density at radius 3 is 2.25 bits per heavy atom. The van der Waals surface area contributed by atoms with E-state index in [1.54, 1.807) is 11.3 Å². The highest BCUT2D eigenvalue weighted by molar-refractivity contribution is 7.20. The van der Waals surface area contributed by atoms with Crippen molar-refractivity contribution >= 4 is 27.3 Å². The summed E-state index contributed by atoms with van der Waals surface area (Å²) in [5, 5.41) is 1.18. The number of nitrogens with zero attached hydrogens (tertiary/aromatic N) is 2. The third-order valence-corrected chi connectivity index (χ3v) is 7.30. The van der Waals surface area contributed by atoms with Crippen molar-refractivity contribution in [3.05, 3.63) is 35.2 Å². The molecule has 0 spiro atoms. The zero-order valence-corrected chi connectivity index (χ0v) is 15.6. The summed E-state index contributed by atoms with van der Waals surface area (Å²) >= 11 is 1.62. The van der Waals surface area contributed by atoms with Crippen molar-refractivity contribution < 1.29 is 4.79 Å². The van der Waals surface area contributed by atoms with Crippen LogP contribution in [0.25, 0.3) is 10.1 Å². The Labute approximate surface area is 148 Å². The second kappa shape index (κ2) is 6.16. The van der Waals surface area contributed by atoms with E-state index in [-0.39, 0.29) is 5.91 Å². The van der Waals surface area contributed by atoms with Crippen molar-refractivity contribution in [2.24, 2.45) is 11.8 Å². The number of hydrogen-bond donors (Lipinski definition) is 0. The third kappa shape index (κ3) is 2.76. The van der Waals surface area contributed by atoms with Crippen molar-refractivity contribution in [2.75, 3.05) is 21.1 Å². The second-order valence-electron chi connectivity index (χ2n) is 7.80. The molecule has 1 amide bonds. The molecule has 0 N–H and O–H groups in total. The molecule has 2 aromatic rings. The summed E-state index contributed by atoms with van der Waals surface area (Å²) in [4.78, 5) is 18.2. The smallest absolute Gasteiger partial charge is 0.263 e. The predicted octanol–water partition coefficient (Wildman–Crippen LogP) is 4.09. The summed E-state index contributed by atoms with van der Waals surface area (Å²) in [5.74, 6) is 1.81. The fourth-order valence-corrected chi connectivity index (χ4v) is 5.76. The molecule has 2 unspecified atom stereocenters. The Balaban J connectivity index is 1.45. The summed E-state index contributed by atoms with van der Waals surface area (Å²) in [5.41, 5.74) is 0. The van der Waals surface area contributed by atoms with Crippen LogP contribution in [0.3, 0.4) is 0 Å². The van der Waals surface area contributed by atoms with Crippen molar-refractivity contribution in [3.63, 3.8) is 0 Å². The molecule has 2 aliphatic rings. The number of fused-ring (bicyclic) bond motifs is 2. The molecule has 128 valence electrons. The minimum Gasteiger partial charge on any atom is -0.338 e. The molecule has 4 atom stereocenters. The third-order valence-electron chi connectivity index (χ3n) is 6.20. The first-order valence-corrected chi connectivity index (χ1v) is 9.76. The highest BCUT2D eigenvalue weighted by atomic mass is 32.1. The van der Waals surface area contributed by atoms with Crippen molar-refractivity contribution in [2.45, 2.75) is 37.8 Å². The maximum Gasteiger partial charge on any atom is 0.263 e. The molecule has 4 heteroatoms. The molecule has 0 saturated heterocycles. The fourth-order valence-electron chi connectivity index (χ4n) is 4.72. The SMILES string of the molecule is CN(C)C1C[C@@H]2CC(N(C)C(=O)c3cc4ccccc4s3)C[C@@H]2C1. The van der Waals surface area contributed by atoms with Crippen LogP contribution in [0, 0.1) is 11.8 Å². The highest BCUT2D eigenvalue weighted by Gasteiger charge is 2.44. The zero-order valence-electron chi connectivity index (χ0n) is 14.7. The van der Waals surface area contributed by atoms with Crippen molar-refractivity contribution in [3.8, 4) is 0 Å². The van der Waals surface area contributed by atoms with Gasteiger partial charge in [-0.25, -0.2) is 0 Å². The van der Waals surface area contributed by atoms with Crippen LogP contribution in [-0.4, -0.2) is 48.9 Å². The Hall–Kier alpha value is -1.39. The van der Waals surface area contributed by atoms with E-state index in [2.05, 4.69) is 37.2 Å². The van der Waals surface area contributed by atoms with Crippen LogP contribution in [0.4, 0.5) is 0 Å². The van der Waals surface area contributed by atoms with Gasteiger partial charge < -0.3 is 9.80 Å². The molecule has 1 aromatic carbocycles. The first-order valence-electron chi connectivity index (χ1n) is 8.95. The lowest BCUT2D eigenvalue weighted by Gasteiger charge is -2.26. The lowest BCUT2D eigenvalue weighted by atomic mass is 10.0. The zero-order chi connectivity index (χ0) is 16.8. The number of carbonyl (C=O) groups excluding carboxylic acids is 1. The molecular weight excluding hydrogens is 316 g/mol. The molecule has 2 fully saturated rings. The molecule has 4 rings (SSSR count). The minimum atomic E-state index is 0.199. The van der Waals surface area contributed by atoms with Crippen LogP contribution in [0.2, 0.25) is 0 Å². The molecule has 2 saturated carbocycles. The first kappa shape index (κ1) is 16.1. The summed E-state index contributed by atoms with van der Waals surface area (Å²) < 4.78 is 1.20. The number of rotatable bonds is 3. The van der Waals surface area contributed by atoms with Gasteiger partial charge in [-0.1, -0.05) is 18.2 Å². The summed E-state index contributed by atoms with van der Waals surface area (Å²) in [6.45, 7) is 0. The molecule has 2 aliphatic carbocycles. The van der Waals surface area contributed by atoms with Crippen LogP contribution in [0.15, 0.2) is 30.3 Å². The number of amides is 1. The molecule has 1 aromatic heterocycles. The van der Waals surface area contributed by atoms with Gasteiger partial charge in [-0.2, -0.15) is 0 Å². The van der Waals surface area contributed by atoms with Gasteiger partial charge in [-0.3, -0.25) is 4.79 Å². The normalized spacial score (nSPS) is 29.3. The maximum absolute atomic E-state index is 12.9. The molecule has 0 bridgehead atoms. The van der Waals surface area contributed by atoms with Gasteiger partial charge in [0.2, 0.25) is 0 Å². The van der Waals surface area contributed by atoms with Crippen LogP contribution in [0.1, 0.15) is 35.4 Å². The van der Waals surface area contributed by atoms with Gasteiger partial charge >= 0.3 is 0 Å². The Morgan fingerprint density at radius 2 is 1.62 bits per heavy atom. The van der Waals surface area contributed by atoms with Crippen molar-refractivity contribution in [1.29, 1.82) is 0 Å². The van der Waals surface area contributed by atoms with E-state index in [9.17, 15) is 4.79 Å². The van der Waals surface area contributed by atoms with Gasteiger partial charge in [-0.15, -0.1) is 11.3 Å². The second-order valence-corrected chi connectivity index (χ2v) is 8.88. The van der Waals surface area contributed by atoms with Gasteiger partial charge in [0.15, 0.2) is 0 Å². The number of carbonyl (C=O) groups is 1. The minimum absolute atomic E-state index is 0.199. The first-order chi connectivity index (χ1) is 11.5. The number of thiophene rings is 1. The largest absolute Gasteiger partial charge is 0.338 e. The average Bonchev–Trinajstić information content (AvgIpc) is 3.24. The highest BCUT2D eigenvalue weighted by Crippen LogP contribution is 2.46. The Kier molecular flexibility index (Phi) is 4.13. The lowest BCUT2D eigenvalue weighted by Crippen LogP contribution is -2.36. The van der Waals surface area contributed by atoms with Crippen LogP contribution in [-0.2, 0) is 0 Å². The van der Waals surface area contributed by atoms with E-state index < -0.39 is 0 Å². The van der Waals surface area contributed by atoms with Crippen LogP contribution < -0.4 is 0 Å². The molecule has 24 heavy (non-hydrogen) atoms. The summed E-state index contributed by atoms with van der Waals surface area (Å²) in [6, 6.07) is 11.5. The number of hydrogen-bond acceptors (Lipinski definition) is 3. The summed E-state index contributed by atoms with van der Waals surface area (Å²) in [7, 11) is 6.39. The van der Waals surface area contributed by atoms with E-state index >= 15 is 0 Å². The summed E-state index contributed by atoms with van der Waals surface area (Å²) in [6.07, 6.45) is 4.97. The van der Waals surface area contributed by atoms with E-state index in [0.717, 1.165) is 22.8 Å². The van der Waals surface area contributed by atoms with Gasteiger partial charge in [0, 0.05) is 23.8 Å². The van der Waals surface area contributed by atoms with E-state index in [1.807, 2.05) is 24.1 Å². The lowest BCUT2D eigenvalue weighted by molar-refractivity contribution is 0.0731. The fraction of sp³-hybridized carbons (Fsp3) is 0.550. The Morgan fingerprint density at radius 1 is 1.00 bits per heavy atom. The van der Waals surface area contributed by atoms with Crippen molar-refractivity contribution in [1.82, 2.24) is 9.80 Å². The topological polar surface area (TPSA) is 23.6 Å². The van der Waals surface area contributed by atoms with E-state index in [1.165, 1.54) is 35.8 Å². The molecule has 3 nitrogen and oxygen atoms in total. The quantitative estimate of drug-likeness (QED) is 0.839. The van der Waals surface area contributed by atoms with Gasteiger partial charge in [0.1, 0.15) is 0 Å². The van der Waals surface area contributed by atoms with Gasteiger partial charge in [0.25, 0.3) is 5.91 Å². The molecule has 0 radical (unpaired) electrons. The Bertz CT molecular complexity index is 706. The van der Waals surface area contributed by atoms with Gasteiger partial charge in [-0.05, 0) is 69.1 Å². The predicted molar refractivity (Wildman–Crippen MR) is 101 cm³/mol. The number of benzene rings is 1. The average molecular weight is 343 g/mol.